The van der Waals surface area contributed by atoms with E-state index in [0.717, 1.165) is 0 Å². The Labute approximate surface area is 63.7 Å². The van der Waals surface area contributed by atoms with E-state index in [9.17, 15) is 0 Å². The van der Waals surface area contributed by atoms with Crippen molar-refractivity contribution in [2.45, 2.75) is 0 Å². The number of hydrogen-bond acceptors (Lipinski definition) is 2. The molecule has 0 unspecified atom stereocenters. The maximum atomic E-state index is 8.11. The average Bonchev–Trinajstić information content (AvgIpc) is 0.918. The first kappa shape index (κ1) is 8.84. The molecular formula is N2OXe. The van der Waals surface area contributed by atoms with Crippen LogP contribution in [0, 0.1) is 59.5 Å². The van der Waals surface area contributed by atoms with Gasteiger partial charge in [-0.05, 0) is 0 Å². The first-order valence-corrected chi connectivity index (χ1v) is 0.383. The Balaban J connectivity index is 0. The van der Waals surface area contributed by atoms with Crippen LogP contribution < -0.4 is 0 Å². The van der Waals surface area contributed by atoms with E-state index in [0.29, 0.717) is 0 Å². The molecule has 0 aliphatic carbocycles. The third-order valence-corrected chi connectivity index (χ3v) is 0. The Hall–Kier alpha value is 0.791. The Morgan fingerprint density at radius 1 is 1.75 bits per heavy atom. The van der Waals surface area contributed by atoms with Crippen molar-refractivity contribution in [3.8, 4) is 0 Å². The molecule has 0 amide bonds. The topological polar surface area (TPSA) is 51.2 Å². The van der Waals surface area contributed by atoms with Crippen LogP contribution in [-0.2, 0) is 0 Å². The summed E-state index contributed by atoms with van der Waals surface area (Å²) in [6, 6.07) is 0. The molecule has 0 rings (SSSR count). The molecule has 0 N–H and O–H groups in total. The molecule has 4 heavy (non-hydrogen) atoms. The second kappa shape index (κ2) is 9.21. The zero-order valence-corrected chi connectivity index (χ0v) is 3.67. The predicted octanol–water partition coefficient (Wildman–Crippen LogP) is 0.337. The van der Waals surface area contributed by atoms with E-state index in [1.165, 1.54) is 5.14 Å². The van der Waals surface area contributed by atoms with Crippen LogP contribution >= 0.6 is 0 Å². The molecule has 0 spiro atoms. The summed E-state index contributed by atoms with van der Waals surface area (Å²) in [5.74, 6) is 0. The molecule has 0 saturated heterocycles. The molecule has 0 aliphatic heterocycles. The molecule has 0 heterocycles. The summed E-state index contributed by atoms with van der Waals surface area (Å²) in [4.78, 5) is 0. The molecule has 3 nitrogen and oxygen atoms in total. The summed E-state index contributed by atoms with van der Waals surface area (Å²) < 4.78 is 0. The Morgan fingerprint density at radius 2 is 1.75 bits per heavy atom. The Bertz CT molecular complexity index is 27.5. The minimum atomic E-state index is 0. The first-order valence-electron chi connectivity index (χ1n) is 0.383. The van der Waals surface area contributed by atoms with Crippen LogP contribution in [0.1, 0.15) is 0 Å². The zero-order valence-electron chi connectivity index (χ0n) is 1.66. The first-order chi connectivity index (χ1) is 1.41. The molecule has 24 valence electrons. The van der Waals surface area contributed by atoms with Crippen molar-refractivity contribution in [3.05, 3.63) is 10.3 Å². The number of rotatable bonds is 0. The maximum absolute atomic E-state index is 8.11. The molecule has 0 aromatic heterocycles. The van der Waals surface area contributed by atoms with Crippen LogP contribution in [-0.4, -0.2) is 0 Å². The summed E-state index contributed by atoms with van der Waals surface area (Å²) in [7, 11) is 0. The second-order valence-electron chi connectivity index (χ2n) is 0.0816. The SMILES string of the molecule is N#[N+][O-].[Xe]. The van der Waals surface area contributed by atoms with Gasteiger partial charge in [0.05, 0.1) is 0 Å². The molecule has 0 bridgehead atoms. The summed E-state index contributed by atoms with van der Waals surface area (Å²) in [5, 5.41) is 16.0. The van der Waals surface area contributed by atoms with Gasteiger partial charge in [-0.3, -0.25) is 0 Å². The van der Waals surface area contributed by atoms with E-state index < -0.39 is 0 Å². The predicted molar refractivity (Wildman–Crippen MR) is 8.45 cm³/mol. The largest absolute Gasteiger partial charge is 0.463 e. The minimum absolute atomic E-state index is 0. The van der Waals surface area contributed by atoms with Crippen LogP contribution in [0.4, 0.5) is 0 Å². The average molecular weight is 175 g/mol. The van der Waals surface area contributed by atoms with Crippen molar-refractivity contribution in [3.63, 3.8) is 0 Å². The van der Waals surface area contributed by atoms with Crippen molar-refractivity contribution in [2.75, 3.05) is 0 Å². The van der Waals surface area contributed by atoms with Crippen LogP contribution in [0.2, 0.25) is 0 Å². The van der Waals surface area contributed by atoms with Gasteiger partial charge in [-0.1, -0.05) is 0 Å². The standard InChI is InChI=1S/N2O.Xe/c1-2-3;. The van der Waals surface area contributed by atoms with Crippen molar-refractivity contribution >= 4 is 0 Å². The van der Waals surface area contributed by atoms with Crippen LogP contribution in [0.5, 0.6) is 0 Å². The van der Waals surface area contributed by atoms with Crippen LogP contribution in [0.25, 0.3) is 5.14 Å². The summed E-state index contributed by atoms with van der Waals surface area (Å²) in [5.41, 5.74) is 0. The molecule has 0 aromatic rings. The zero-order chi connectivity index (χ0) is 2.71. The Kier molecular flexibility index (Phi) is 20.3. The van der Waals surface area contributed by atoms with Gasteiger partial charge >= 0.3 is 0 Å². The van der Waals surface area contributed by atoms with Gasteiger partial charge in [-0.2, -0.15) is 0 Å². The van der Waals surface area contributed by atoms with E-state index in [1.807, 2.05) is 0 Å². The van der Waals surface area contributed by atoms with Crippen LogP contribution in [0.3, 0.4) is 0 Å². The molecule has 0 atom stereocenters. The van der Waals surface area contributed by atoms with Gasteiger partial charge in [0.25, 0.3) is 0 Å². The Morgan fingerprint density at radius 3 is 1.75 bits per heavy atom. The molecular weight excluding hydrogens is 175 g/mol. The molecule has 0 saturated carbocycles. The maximum Gasteiger partial charge on any atom is 0.237 e. The van der Waals surface area contributed by atoms with E-state index in [4.69, 9.17) is 10.6 Å². The molecule has 0 aromatic carbocycles. The summed E-state index contributed by atoms with van der Waals surface area (Å²) in [6.07, 6.45) is 0. The molecule has 0 fully saturated rings. The van der Waals surface area contributed by atoms with Crippen molar-refractivity contribution in [1.29, 1.82) is 5.39 Å². The van der Waals surface area contributed by atoms with E-state index in [-0.39, 0.29) is 48.9 Å². The van der Waals surface area contributed by atoms with E-state index in [2.05, 4.69) is 0 Å². The normalized spacial score (nSPS) is 1.75. The van der Waals surface area contributed by atoms with Crippen LogP contribution in [0.15, 0.2) is 0 Å². The van der Waals surface area contributed by atoms with Crippen molar-refractivity contribution in [2.24, 2.45) is 0 Å². The van der Waals surface area contributed by atoms with Gasteiger partial charge in [0, 0.05) is 48.9 Å². The molecule has 0 aliphatic rings. The smallest absolute Gasteiger partial charge is 0.237 e. The van der Waals surface area contributed by atoms with Crippen molar-refractivity contribution < 1.29 is 48.9 Å². The monoisotopic (exact) mass is 176 g/mol. The van der Waals surface area contributed by atoms with Gasteiger partial charge in [0.2, 0.25) is 10.5 Å². The van der Waals surface area contributed by atoms with E-state index >= 15 is 0 Å². The number of hydrogen-bond donors (Lipinski definition) is 0. The quantitative estimate of drug-likeness (QED) is 0.394. The fourth-order valence-corrected chi connectivity index (χ4v) is 0. The van der Waals surface area contributed by atoms with Gasteiger partial charge in [-0.25, -0.2) is 0 Å². The number of nitrogens with zero attached hydrogens (tertiary/aromatic N) is 2. The third kappa shape index (κ3) is 14.3. The van der Waals surface area contributed by atoms with E-state index in [1.54, 1.807) is 0 Å². The third-order valence-electron chi connectivity index (χ3n) is 0. The summed E-state index contributed by atoms with van der Waals surface area (Å²) in [6.45, 7) is 0. The van der Waals surface area contributed by atoms with Gasteiger partial charge in [-0.15, -0.1) is 0 Å². The van der Waals surface area contributed by atoms with Crippen molar-refractivity contribution in [1.82, 2.24) is 0 Å². The molecule has 0 radical (unpaired) electrons. The molecule has 4 heteroatoms. The fourth-order valence-electron chi connectivity index (χ4n) is 0. The van der Waals surface area contributed by atoms with Gasteiger partial charge < -0.3 is 5.21 Å². The fraction of sp³-hybridized carbons (Fsp3) is 0. The van der Waals surface area contributed by atoms with Gasteiger partial charge in [0.15, 0.2) is 0 Å². The summed E-state index contributed by atoms with van der Waals surface area (Å²) >= 11 is 0. The minimum Gasteiger partial charge on any atom is -0.463 e. The number of diazo groups is 1. The second-order valence-corrected chi connectivity index (χ2v) is 0.0816. The van der Waals surface area contributed by atoms with Gasteiger partial charge in [0.1, 0.15) is 0 Å².